The van der Waals surface area contributed by atoms with E-state index < -0.39 is 15.8 Å². The van der Waals surface area contributed by atoms with Gasteiger partial charge in [0.25, 0.3) is 0 Å². The number of hydrogen-bond acceptors (Lipinski definition) is 4. The number of rotatable bonds is 3. The van der Waals surface area contributed by atoms with Crippen LogP contribution in [-0.2, 0) is 10.0 Å². The molecule has 3 heterocycles. The first kappa shape index (κ1) is 16.2. The maximum atomic E-state index is 13.1. The predicted molar refractivity (Wildman–Crippen MR) is 90.1 cm³/mol. The number of aromatic nitrogens is 3. The normalized spacial score (nSPS) is 19.3. The van der Waals surface area contributed by atoms with Crippen molar-refractivity contribution in [2.75, 3.05) is 13.1 Å². The summed E-state index contributed by atoms with van der Waals surface area (Å²) in [5, 5.41) is 8.41. The second kappa shape index (κ2) is 6.20. The average Bonchev–Trinajstić information content (AvgIpc) is 3.06. The minimum absolute atomic E-state index is 0.0265. The molecule has 3 aromatic rings. The fraction of sp³-hybridized carbons (Fsp3) is 0.294. The van der Waals surface area contributed by atoms with Gasteiger partial charge in [-0.25, -0.2) is 12.8 Å². The maximum Gasteiger partial charge on any atom is 0.243 e. The molecule has 1 saturated heterocycles. The SMILES string of the molecule is O=S(=O)(c1ccc(F)cc1)N1CCCC(c2nnc3ccccn23)C1. The molecule has 1 unspecified atom stereocenters. The molecule has 8 heteroatoms. The molecule has 0 N–H and O–H groups in total. The summed E-state index contributed by atoms with van der Waals surface area (Å²) in [7, 11) is -3.65. The van der Waals surface area contributed by atoms with Crippen molar-refractivity contribution >= 4 is 15.7 Å². The fourth-order valence-corrected chi connectivity index (χ4v) is 4.79. The number of hydrogen-bond donors (Lipinski definition) is 0. The zero-order chi connectivity index (χ0) is 17.4. The lowest BCUT2D eigenvalue weighted by molar-refractivity contribution is 0.308. The van der Waals surface area contributed by atoms with Crippen molar-refractivity contribution in [3.8, 4) is 0 Å². The molecular weight excluding hydrogens is 343 g/mol. The minimum Gasteiger partial charge on any atom is -0.286 e. The van der Waals surface area contributed by atoms with E-state index in [1.165, 1.54) is 28.6 Å². The number of halogens is 1. The first-order valence-corrected chi connectivity index (χ1v) is 9.55. The van der Waals surface area contributed by atoms with Crippen LogP contribution in [0.3, 0.4) is 0 Å². The number of benzene rings is 1. The largest absolute Gasteiger partial charge is 0.286 e. The Kier molecular flexibility index (Phi) is 4.01. The molecule has 25 heavy (non-hydrogen) atoms. The van der Waals surface area contributed by atoms with Gasteiger partial charge >= 0.3 is 0 Å². The lowest BCUT2D eigenvalue weighted by Gasteiger charge is -2.31. The Morgan fingerprint density at radius 3 is 2.68 bits per heavy atom. The van der Waals surface area contributed by atoms with Crippen LogP contribution in [-0.4, -0.2) is 40.4 Å². The van der Waals surface area contributed by atoms with Gasteiger partial charge in [-0.2, -0.15) is 4.31 Å². The van der Waals surface area contributed by atoms with E-state index in [0.717, 1.165) is 24.3 Å². The Balaban J connectivity index is 1.63. The Morgan fingerprint density at radius 2 is 1.88 bits per heavy atom. The predicted octanol–water partition coefficient (Wildman–Crippen LogP) is 2.44. The molecule has 0 spiro atoms. The molecule has 4 rings (SSSR count). The summed E-state index contributed by atoms with van der Waals surface area (Å²) < 4.78 is 42.1. The summed E-state index contributed by atoms with van der Waals surface area (Å²) in [4.78, 5) is 0.112. The van der Waals surface area contributed by atoms with Crippen LogP contribution in [0.15, 0.2) is 53.6 Å². The van der Waals surface area contributed by atoms with Crippen LogP contribution in [0.25, 0.3) is 5.65 Å². The van der Waals surface area contributed by atoms with Gasteiger partial charge in [0, 0.05) is 25.2 Å². The molecule has 130 valence electrons. The van der Waals surface area contributed by atoms with E-state index in [9.17, 15) is 12.8 Å². The highest BCUT2D eigenvalue weighted by Crippen LogP contribution is 2.29. The van der Waals surface area contributed by atoms with Crippen molar-refractivity contribution < 1.29 is 12.8 Å². The summed E-state index contributed by atoms with van der Waals surface area (Å²) in [5.74, 6) is 0.293. The van der Waals surface area contributed by atoms with Gasteiger partial charge in [0.05, 0.1) is 4.90 Å². The van der Waals surface area contributed by atoms with Crippen LogP contribution in [0.5, 0.6) is 0 Å². The number of nitrogens with zero attached hydrogens (tertiary/aromatic N) is 4. The van der Waals surface area contributed by atoms with Crippen LogP contribution in [0.2, 0.25) is 0 Å². The molecule has 0 saturated carbocycles. The molecule has 1 aromatic carbocycles. The zero-order valence-electron chi connectivity index (χ0n) is 13.4. The molecule has 0 bridgehead atoms. The third kappa shape index (κ3) is 2.91. The van der Waals surface area contributed by atoms with Gasteiger partial charge in [-0.05, 0) is 49.2 Å². The molecule has 1 fully saturated rings. The van der Waals surface area contributed by atoms with Crippen molar-refractivity contribution in [3.63, 3.8) is 0 Å². The smallest absolute Gasteiger partial charge is 0.243 e. The lowest BCUT2D eigenvalue weighted by Crippen LogP contribution is -2.39. The number of sulfonamides is 1. The molecular formula is C17H17FN4O2S. The summed E-state index contributed by atoms with van der Waals surface area (Å²) in [5.41, 5.74) is 0.746. The van der Waals surface area contributed by atoms with Gasteiger partial charge in [0.15, 0.2) is 5.65 Å². The second-order valence-corrected chi connectivity index (χ2v) is 8.08. The van der Waals surface area contributed by atoms with Gasteiger partial charge in [-0.15, -0.1) is 10.2 Å². The van der Waals surface area contributed by atoms with Crippen molar-refractivity contribution in [2.24, 2.45) is 0 Å². The van der Waals surface area contributed by atoms with Crippen molar-refractivity contribution in [1.29, 1.82) is 0 Å². The Labute approximate surface area is 145 Å². The van der Waals surface area contributed by atoms with Crippen LogP contribution < -0.4 is 0 Å². The Morgan fingerprint density at radius 1 is 1.08 bits per heavy atom. The quantitative estimate of drug-likeness (QED) is 0.719. The van der Waals surface area contributed by atoms with E-state index in [0.29, 0.717) is 13.1 Å². The average molecular weight is 360 g/mol. The summed E-state index contributed by atoms with van der Waals surface area (Å²) in [6.07, 6.45) is 3.48. The van der Waals surface area contributed by atoms with E-state index in [4.69, 9.17) is 0 Å². The molecule has 1 aliphatic heterocycles. The topological polar surface area (TPSA) is 67.6 Å². The van der Waals surface area contributed by atoms with Gasteiger partial charge in [-0.3, -0.25) is 4.40 Å². The summed E-state index contributed by atoms with van der Waals surface area (Å²) >= 11 is 0. The van der Waals surface area contributed by atoms with E-state index in [2.05, 4.69) is 10.2 Å². The van der Waals surface area contributed by atoms with Gasteiger partial charge < -0.3 is 0 Å². The third-order valence-corrected chi connectivity index (χ3v) is 6.42. The molecule has 0 amide bonds. The van der Waals surface area contributed by atoms with Crippen molar-refractivity contribution in [3.05, 3.63) is 60.3 Å². The summed E-state index contributed by atoms with van der Waals surface area (Å²) in [6, 6.07) is 10.6. The highest BCUT2D eigenvalue weighted by atomic mass is 32.2. The van der Waals surface area contributed by atoms with Crippen molar-refractivity contribution in [1.82, 2.24) is 18.9 Å². The molecule has 1 aliphatic rings. The molecule has 2 aromatic heterocycles. The molecule has 1 atom stereocenters. The summed E-state index contributed by atoms with van der Waals surface area (Å²) in [6.45, 7) is 0.794. The van der Waals surface area contributed by atoms with Gasteiger partial charge in [0.2, 0.25) is 10.0 Å². The van der Waals surface area contributed by atoms with E-state index in [-0.39, 0.29) is 10.8 Å². The minimum atomic E-state index is -3.65. The molecule has 0 aliphatic carbocycles. The third-order valence-electron chi connectivity index (χ3n) is 4.54. The Bertz CT molecular complexity index is 1000. The number of fused-ring (bicyclic) bond motifs is 1. The van der Waals surface area contributed by atoms with Gasteiger partial charge in [0.1, 0.15) is 11.6 Å². The van der Waals surface area contributed by atoms with Crippen LogP contribution in [0.4, 0.5) is 4.39 Å². The zero-order valence-corrected chi connectivity index (χ0v) is 14.2. The van der Waals surface area contributed by atoms with Gasteiger partial charge in [-0.1, -0.05) is 6.07 Å². The highest BCUT2D eigenvalue weighted by Gasteiger charge is 2.32. The molecule has 6 nitrogen and oxygen atoms in total. The van der Waals surface area contributed by atoms with E-state index in [1.807, 2.05) is 28.8 Å². The van der Waals surface area contributed by atoms with Crippen LogP contribution in [0, 0.1) is 5.82 Å². The van der Waals surface area contributed by atoms with E-state index in [1.54, 1.807) is 0 Å². The van der Waals surface area contributed by atoms with Crippen molar-refractivity contribution in [2.45, 2.75) is 23.7 Å². The van der Waals surface area contributed by atoms with Crippen LogP contribution in [0.1, 0.15) is 24.6 Å². The standard InChI is InChI=1S/C17H17FN4O2S/c18-14-6-8-15(9-7-14)25(23,24)21-10-3-4-13(12-21)17-20-19-16-5-1-2-11-22(16)17/h1-2,5-9,11,13H,3-4,10,12H2. The molecule has 0 radical (unpaired) electrons. The second-order valence-electron chi connectivity index (χ2n) is 6.14. The number of piperidine rings is 1. The maximum absolute atomic E-state index is 13.1. The lowest BCUT2D eigenvalue weighted by atomic mass is 9.99. The first-order valence-electron chi connectivity index (χ1n) is 8.11. The first-order chi connectivity index (χ1) is 12.1. The monoisotopic (exact) mass is 360 g/mol. The van der Waals surface area contributed by atoms with Crippen LogP contribution >= 0.6 is 0 Å². The fourth-order valence-electron chi connectivity index (χ4n) is 3.27. The van der Waals surface area contributed by atoms with E-state index >= 15 is 0 Å². The highest BCUT2D eigenvalue weighted by molar-refractivity contribution is 7.89. The number of pyridine rings is 1. The Hall–Kier alpha value is -2.32.